The third-order valence-electron chi connectivity index (χ3n) is 3.00. The first-order valence-corrected chi connectivity index (χ1v) is 6.44. The number of rotatable bonds is 4. The minimum absolute atomic E-state index is 0.118. The van der Waals surface area contributed by atoms with Crippen molar-refractivity contribution >= 4 is 34.4 Å². The number of fused-ring (bicyclic) bond motifs is 1. The number of carbonyl (C=O) groups excluding carboxylic acids is 2. The van der Waals surface area contributed by atoms with Crippen LogP contribution in [0.3, 0.4) is 0 Å². The lowest BCUT2D eigenvalue weighted by atomic mass is 10.1. The number of esters is 1. The summed E-state index contributed by atoms with van der Waals surface area (Å²) in [5.41, 5.74) is 0.873. The Hall–Kier alpha value is -2.08. The number of carbonyl (C=O) groups is 2. The number of nitrogens with zero attached hydrogens (tertiary/aromatic N) is 2. The molecule has 1 aromatic carbocycles. The normalized spacial score (nSPS) is 10.6. The first-order valence-electron chi connectivity index (χ1n) is 6.06. The zero-order valence-corrected chi connectivity index (χ0v) is 11.9. The van der Waals surface area contributed by atoms with Gasteiger partial charge < -0.3 is 9.64 Å². The van der Waals surface area contributed by atoms with Crippen LogP contribution in [-0.2, 0) is 9.53 Å². The SMILES string of the molecule is CCN(CC(=O)OC)C(=O)c1c(Cl)ccc2cn[nH]c12. The van der Waals surface area contributed by atoms with E-state index in [-0.39, 0.29) is 12.5 Å². The highest BCUT2D eigenvalue weighted by Crippen LogP contribution is 2.25. The molecule has 1 N–H and O–H groups in total. The van der Waals surface area contributed by atoms with Crippen LogP contribution in [0.5, 0.6) is 0 Å². The minimum atomic E-state index is -0.479. The van der Waals surface area contributed by atoms with Crippen molar-refractivity contribution in [1.82, 2.24) is 15.1 Å². The highest BCUT2D eigenvalue weighted by Gasteiger charge is 2.23. The Kier molecular flexibility index (Phi) is 4.24. The number of ether oxygens (including phenoxy) is 1. The van der Waals surface area contributed by atoms with Crippen molar-refractivity contribution in [2.45, 2.75) is 6.92 Å². The molecule has 0 bridgehead atoms. The smallest absolute Gasteiger partial charge is 0.325 e. The zero-order valence-electron chi connectivity index (χ0n) is 11.1. The Balaban J connectivity index is 2.41. The number of benzene rings is 1. The molecule has 20 heavy (non-hydrogen) atoms. The number of aromatic amines is 1. The molecule has 0 aliphatic heterocycles. The molecule has 0 aliphatic carbocycles. The maximum absolute atomic E-state index is 12.5. The average Bonchev–Trinajstić information content (AvgIpc) is 2.91. The van der Waals surface area contributed by atoms with Gasteiger partial charge in [0.25, 0.3) is 5.91 Å². The number of likely N-dealkylation sites (N-methyl/N-ethyl adjacent to an activating group) is 1. The quantitative estimate of drug-likeness (QED) is 0.874. The molecule has 6 nitrogen and oxygen atoms in total. The van der Waals surface area contributed by atoms with Crippen LogP contribution >= 0.6 is 11.6 Å². The van der Waals surface area contributed by atoms with Crippen molar-refractivity contribution in [2.24, 2.45) is 0 Å². The first-order chi connectivity index (χ1) is 9.58. The predicted octanol–water partition coefficient (Wildman–Crippen LogP) is 1.85. The Morgan fingerprint density at radius 2 is 2.20 bits per heavy atom. The first kappa shape index (κ1) is 14.3. The fraction of sp³-hybridized carbons (Fsp3) is 0.308. The maximum Gasteiger partial charge on any atom is 0.325 e. The average molecular weight is 296 g/mol. The lowest BCUT2D eigenvalue weighted by Crippen LogP contribution is -2.36. The van der Waals surface area contributed by atoms with Gasteiger partial charge in [0, 0.05) is 11.9 Å². The molecule has 106 valence electrons. The van der Waals surface area contributed by atoms with Crippen LogP contribution in [-0.4, -0.2) is 47.2 Å². The molecule has 2 aromatic rings. The summed E-state index contributed by atoms with van der Waals surface area (Å²) in [5, 5.41) is 7.76. The largest absolute Gasteiger partial charge is 0.468 e. The maximum atomic E-state index is 12.5. The summed E-state index contributed by atoms with van der Waals surface area (Å²) in [6.07, 6.45) is 1.61. The van der Waals surface area contributed by atoms with Crippen LogP contribution in [0.2, 0.25) is 5.02 Å². The minimum Gasteiger partial charge on any atom is -0.468 e. The second-order valence-electron chi connectivity index (χ2n) is 4.15. The lowest BCUT2D eigenvalue weighted by Gasteiger charge is -2.20. The zero-order chi connectivity index (χ0) is 14.7. The van der Waals surface area contributed by atoms with Gasteiger partial charge in [-0.3, -0.25) is 14.7 Å². The number of halogens is 1. The van der Waals surface area contributed by atoms with Gasteiger partial charge in [-0.15, -0.1) is 0 Å². The molecule has 0 radical (unpaired) electrons. The van der Waals surface area contributed by atoms with Gasteiger partial charge in [-0.05, 0) is 19.1 Å². The number of methoxy groups -OCH3 is 1. The molecule has 0 fully saturated rings. The fourth-order valence-electron chi connectivity index (χ4n) is 1.90. The summed E-state index contributed by atoms with van der Waals surface area (Å²) < 4.78 is 4.59. The van der Waals surface area contributed by atoms with Crippen molar-refractivity contribution in [3.8, 4) is 0 Å². The van der Waals surface area contributed by atoms with E-state index in [0.717, 1.165) is 5.39 Å². The van der Waals surface area contributed by atoms with Gasteiger partial charge in [0.15, 0.2) is 0 Å². The van der Waals surface area contributed by atoms with Crippen LogP contribution in [0.25, 0.3) is 10.9 Å². The number of hydrogen-bond donors (Lipinski definition) is 1. The van der Waals surface area contributed by atoms with E-state index >= 15 is 0 Å². The number of amides is 1. The molecular weight excluding hydrogens is 282 g/mol. The van der Waals surface area contributed by atoms with E-state index in [9.17, 15) is 9.59 Å². The van der Waals surface area contributed by atoms with E-state index in [4.69, 9.17) is 11.6 Å². The Morgan fingerprint density at radius 3 is 2.85 bits per heavy atom. The summed E-state index contributed by atoms with van der Waals surface area (Å²) in [6.45, 7) is 2.03. The third-order valence-corrected chi connectivity index (χ3v) is 3.31. The van der Waals surface area contributed by atoms with Crippen LogP contribution < -0.4 is 0 Å². The molecule has 1 aromatic heterocycles. The Labute approximate surface area is 120 Å². The second kappa shape index (κ2) is 5.92. The molecule has 0 aliphatic rings. The molecule has 7 heteroatoms. The second-order valence-corrected chi connectivity index (χ2v) is 4.56. The van der Waals surface area contributed by atoms with Crippen molar-refractivity contribution < 1.29 is 14.3 Å². The van der Waals surface area contributed by atoms with Gasteiger partial charge in [0.2, 0.25) is 0 Å². The summed E-state index contributed by atoms with van der Waals surface area (Å²) in [4.78, 5) is 25.3. The van der Waals surface area contributed by atoms with E-state index in [0.29, 0.717) is 22.6 Å². The molecule has 0 spiro atoms. The summed E-state index contributed by atoms with van der Waals surface area (Å²) in [7, 11) is 1.28. The number of nitrogens with one attached hydrogen (secondary N) is 1. The molecular formula is C13H14ClN3O3. The van der Waals surface area contributed by atoms with Crippen LogP contribution in [0.1, 0.15) is 17.3 Å². The highest BCUT2D eigenvalue weighted by molar-refractivity contribution is 6.35. The molecule has 0 atom stereocenters. The topological polar surface area (TPSA) is 75.3 Å². The van der Waals surface area contributed by atoms with Gasteiger partial charge in [-0.25, -0.2) is 0 Å². The lowest BCUT2D eigenvalue weighted by molar-refractivity contribution is -0.141. The number of aromatic nitrogens is 2. The Morgan fingerprint density at radius 1 is 1.45 bits per heavy atom. The van der Waals surface area contributed by atoms with E-state index < -0.39 is 5.97 Å². The summed E-state index contributed by atoms with van der Waals surface area (Å²) >= 11 is 6.12. The monoisotopic (exact) mass is 295 g/mol. The molecule has 0 saturated heterocycles. The fourth-order valence-corrected chi connectivity index (χ4v) is 2.14. The van der Waals surface area contributed by atoms with Crippen molar-refractivity contribution in [3.05, 3.63) is 28.9 Å². The number of H-pyrrole nitrogens is 1. The molecule has 0 unspecified atom stereocenters. The van der Waals surface area contributed by atoms with E-state index in [1.165, 1.54) is 12.0 Å². The molecule has 0 saturated carbocycles. The summed E-state index contributed by atoms with van der Waals surface area (Å²) in [6, 6.07) is 3.41. The van der Waals surface area contributed by atoms with Crippen molar-refractivity contribution in [2.75, 3.05) is 20.2 Å². The van der Waals surface area contributed by atoms with E-state index in [1.54, 1.807) is 25.3 Å². The third kappa shape index (κ3) is 2.60. The van der Waals surface area contributed by atoms with Crippen LogP contribution in [0.4, 0.5) is 0 Å². The van der Waals surface area contributed by atoms with Gasteiger partial charge in [0.05, 0.1) is 29.4 Å². The van der Waals surface area contributed by atoms with Crippen molar-refractivity contribution in [3.63, 3.8) is 0 Å². The van der Waals surface area contributed by atoms with Gasteiger partial charge >= 0.3 is 5.97 Å². The van der Waals surface area contributed by atoms with E-state index in [2.05, 4.69) is 14.9 Å². The van der Waals surface area contributed by atoms with Crippen LogP contribution in [0, 0.1) is 0 Å². The van der Waals surface area contributed by atoms with E-state index in [1.807, 2.05) is 0 Å². The summed E-state index contributed by atoms with van der Waals surface area (Å²) in [5.74, 6) is -0.814. The van der Waals surface area contributed by atoms with Crippen molar-refractivity contribution in [1.29, 1.82) is 0 Å². The molecule has 1 amide bonds. The van der Waals surface area contributed by atoms with Gasteiger partial charge in [0.1, 0.15) is 6.54 Å². The Bertz CT molecular complexity index is 653. The highest BCUT2D eigenvalue weighted by atomic mass is 35.5. The number of hydrogen-bond acceptors (Lipinski definition) is 4. The predicted molar refractivity (Wildman–Crippen MR) is 74.7 cm³/mol. The van der Waals surface area contributed by atoms with Gasteiger partial charge in [-0.1, -0.05) is 11.6 Å². The van der Waals surface area contributed by atoms with Crippen LogP contribution in [0.15, 0.2) is 18.3 Å². The van der Waals surface area contributed by atoms with Gasteiger partial charge in [-0.2, -0.15) is 5.10 Å². The standard InChI is InChI=1S/C13H14ClN3O3/c1-3-17(7-10(18)20-2)13(19)11-9(14)5-4-8-6-15-16-12(8)11/h4-6H,3,7H2,1-2H3,(H,15,16). The molecule has 1 heterocycles. The molecule has 2 rings (SSSR count).